The van der Waals surface area contributed by atoms with Gasteiger partial charge < -0.3 is 14.4 Å². The number of rotatable bonds is 3. The Morgan fingerprint density at radius 1 is 1.04 bits per heavy atom. The average Bonchev–Trinajstić information content (AvgIpc) is 2.69. The molecule has 1 N–H and O–H groups in total. The monoisotopic (exact) mass is 373 g/mol. The second-order valence-corrected chi connectivity index (χ2v) is 9.88. The van der Waals surface area contributed by atoms with Gasteiger partial charge in [0.25, 0.3) is 0 Å². The first-order valence-corrected chi connectivity index (χ1v) is 9.80. The normalized spacial score (nSPS) is 23.0. The Labute approximate surface area is 163 Å². The highest BCUT2D eigenvalue weighted by atomic mass is 16.7. The Morgan fingerprint density at radius 3 is 1.85 bits per heavy atom. The Hall–Kier alpha value is -1.53. The molecule has 1 amide bonds. The lowest BCUT2D eigenvalue weighted by Gasteiger charge is -2.54. The first kappa shape index (κ1) is 20.2. The Balaban J connectivity index is 1.90. The van der Waals surface area contributed by atoms with Crippen LogP contribution >= 0.6 is 0 Å². The molecule has 0 atom stereocenters. The molecule has 1 aliphatic carbocycles. The van der Waals surface area contributed by atoms with Gasteiger partial charge >= 0.3 is 13.2 Å². The molecule has 0 bridgehead atoms. The minimum Gasteiger partial charge on any atom is -0.465 e. The summed E-state index contributed by atoms with van der Waals surface area (Å²) in [6.45, 7) is 14.0. The molecule has 2 fully saturated rings. The highest BCUT2D eigenvalue weighted by molar-refractivity contribution is 6.62. The smallest absolute Gasteiger partial charge is 0.465 e. The summed E-state index contributed by atoms with van der Waals surface area (Å²) >= 11 is 0. The minimum absolute atomic E-state index is 0.377. The lowest BCUT2D eigenvalue weighted by atomic mass is 9.68. The molecule has 1 aromatic rings. The molecule has 6 heteroatoms. The molecule has 0 radical (unpaired) electrons. The SMILES string of the molecule is CC(C)(C)N(C(=O)O)C1(c2ccc(B3OC(C)(C)C(C)(C)O3)cc2)CCC1. The summed E-state index contributed by atoms with van der Waals surface area (Å²) in [6.07, 6.45) is 1.88. The number of carboxylic acid groups (broad SMARTS) is 1. The molecule has 2 aliphatic rings. The van der Waals surface area contributed by atoms with E-state index in [1.165, 1.54) is 0 Å². The van der Waals surface area contributed by atoms with Crippen molar-refractivity contribution in [3.05, 3.63) is 29.8 Å². The topological polar surface area (TPSA) is 59.0 Å². The van der Waals surface area contributed by atoms with E-state index in [4.69, 9.17) is 9.31 Å². The zero-order chi connectivity index (χ0) is 20.3. The number of carbonyl (C=O) groups is 1. The predicted molar refractivity (Wildman–Crippen MR) is 107 cm³/mol. The van der Waals surface area contributed by atoms with Crippen LogP contribution in [0.1, 0.15) is 73.3 Å². The van der Waals surface area contributed by atoms with Crippen LogP contribution in [0.15, 0.2) is 24.3 Å². The summed E-state index contributed by atoms with van der Waals surface area (Å²) in [5.41, 5.74) is 0.348. The molecule has 0 aromatic heterocycles. The summed E-state index contributed by atoms with van der Waals surface area (Å²) in [4.78, 5) is 13.7. The standard InChI is InChI=1S/C21H32BNO4/c1-18(2,3)23(17(24)25)21(13-8-14-21)15-9-11-16(12-10-15)22-26-19(4,5)20(6,7)27-22/h9-12H,8,13-14H2,1-7H3,(H,24,25). The largest absolute Gasteiger partial charge is 0.494 e. The Morgan fingerprint density at radius 2 is 1.52 bits per heavy atom. The zero-order valence-electron chi connectivity index (χ0n) is 17.6. The van der Waals surface area contributed by atoms with Crippen molar-refractivity contribution in [1.29, 1.82) is 0 Å². The predicted octanol–water partition coefficient (Wildman–Crippen LogP) is 4.14. The van der Waals surface area contributed by atoms with E-state index in [2.05, 4.69) is 0 Å². The molecule has 1 aliphatic heterocycles. The lowest BCUT2D eigenvalue weighted by Crippen LogP contribution is -2.60. The Bertz CT molecular complexity index is 701. The highest BCUT2D eigenvalue weighted by Gasteiger charge is 2.53. The van der Waals surface area contributed by atoms with E-state index in [9.17, 15) is 9.90 Å². The van der Waals surface area contributed by atoms with Crippen molar-refractivity contribution in [2.75, 3.05) is 0 Å². The third-order valence-electron chi connectivity index (χ3n) is 6.44. The van der Waals surface area contributed by atoms with Gasteiger partial charge in [0.1, 0.15) is 0 Å². The summed E-state index contributed by atoms with van der Waals surface area (Å²) in [6, 6.07) is 8.11. The molecule has 0 unspecified atom stereocenters. The van der Waals surface area contributed by atoms with Crippen molar-refractivity contribution in [3.63, 3.8) is 0 Å². The van der Waals surface area contributed by atoms with E-state index in [0.717, 1.165) is 30.3 Å². The molecular formula is C21H32BNO4. The minimum atomic E-state index is -0.864. The van der Waals surface area contributed by atoms with Crippen LogP contribution in [0.2, 0.25) is 0 Å². The van der Waals surface area contributed by atoms with Crippen LogP contribution in [-0.4, -0.2) is 40.0 Å². The second kappa shape index (κ2) is 6.24. The maximum Gasteiger partial charge on any atom is 0.494 e. The van der Waals surface area contributed by atoms with Crippen molar-refractivity contribution in [3.8, 4) is 0 Å². The van der Waals surface area contributed by atoms with Crippen molar-refractivity contribution >= 4 is 18.7 Å². The van der Waals surface area contributed by atoms with Crippen LogP contribution in [0.3, 0.4) is 0 Å². The van der Waals surface area contributed by atoms with E-state index >= 15 is 0 Å². The number of hydrogen-bond acceptors (Lipinski definition) is 3. The summed E-state index contributed by atoms with van der Waals surface area (Å²) in [5, 5.41) is 9.90. The van der Waals surface area contributed by atoms with E-state index in [1.54, 1.807) is 4.90 Å². The second-order valence-electron chi connectivity index (χ2n) is 9.88. The molecule has 5 nitrogen and oxygen atoms in total. The van der Waals surface area contributed by atoms with Crippen molar-refractivity contribution < 1.29 is 19.2 Å². The number of nitrogens with zero attached hydrogens (tertiary/aromatic N) is 1. The summed E-state index contributed by atoms with van der Waals surface area (Å²) < 4.78 is 12.3. The third kappa shape index (κ3) is 3.27. The van der Waals surface area contributed by atoms with Crippen LogP contribution in [0.5, 0.6) is 0 Å². The molecule has 27 heavy (non-hydrogen) atoms. The summed E-state index contributed by atoms with van der Waals surface area (Å²) in [5.74, 6) is 0. The van der Waals surface area contributed by atoms with E-state index in [0.29, 0.717) is 0 Å². The molecule has 0 spiro atoms. The van der Waals surface area contributed by atoms with Crippen LogP contribution < -0.4 is 5.46 Å². The summed E-state index contributed by atoms with van der Waals surface area (Å²) in [7, 11) is -0.403. The number of benzene rings is 1. The Kier molecular flexibility index (Phi) is 4.68. The van der Waals surface area contributed by atoms with Crippen LogP contribution in [0.25, 0.3) is 0 Å². The van der Waals surface area contributed by atoms with Crippen LogP contribution in [0, 0.1) is 0 Å². The average molecular weight is 373 g/mol. The fraction of sp³-hybridized carbons (Fsp3) is 0.667. The van der Waals surface area contributed by atoms with Crippen molar-refractivity contribution in [1.82, 2.24) is 4.90 Å². The molecular weight excluding hydrogens is 341 g/mol. The highest BCUT2D eigenvalue weighted by Crippen LogP contribution is 2.49. The molecule has 1 heterocycles. The van der Waals surface area contributed by atoms with E-state index in [-0.39, 0.29) is 11.2 Å². The van der Waals surface area contributed by atoms with Crippen molar-refractivity contribution in [2.45, 2.75) is 90.0 Å². The van der Waals surface area contributed by atoms with Crippen LogP contribution in [-0.2, 0) is 14.8 Å². The van der Waals surface area contributed by atoms with E-state index in [1.807, 2.05) is 72.7 Å². The van der Waals surface area contributed by atoms with Gasteiger partial charge in [0.2, 0.25) is 0 Å². The molecule has 1 saturated carbocycles. The van der Waals surface area contributed by atoms with Gasteiger partial charge in [0.15, 0.2) is 0 Å². The lowest BCUT2D eigenvalue weighted by molar-refractivity contribution is -0.0328. The first-order chi connectivity index (χ1) is 12.3. The van der Waals surface area contributed by atoms with Gasteiger partial charge in [-0.3, -0.25) is 4.90 Å². The molecule has 1 saturated heterocycles. The maximum atomic E-state index is 12.1. The molecule has 148 valence electrons. The van der Waals surface area contributed by atoms with Gasteiger partial charge in [0, 0.05) is 5.54 Å². The molecule has 3 rings (SSSR count). The molecule has 1 aromatic carbocycles. The van der Waals surface area contributed by atoms with Gasteiger partial charge in [-0.05, 0) is 78.8 Å². The van der Waals surface area contributed by atoms with Crippen molar-refractivity contribution in [2.24, 2.45) is 0 Å². The van der Waals surface area contributed by atoms with Gasteiger partial charge in [-0.2, -0.15) is 0 Å². The number of amides is 1. The quantitative estimate of drug-likeness (QED) is 0.809. The fourth-order valence-electron chi connectivity index (χ4n) is 4.19. The van der Waals surface area contributed by atoms with Gasteiger partial charge in [-0.25, -0.2) is 4.79 Å². The maximum absolute atomic E-state index is 12.1. The first-order valence-electron chi connectivity index (χ1n) is 9.80. The van der Waals surface area contributed by atoms with Crippen LogP contribution in [0.4, 0.5) is 4.79 Å². The van der Waals surface area contributed by atoms with Gasteiger partial charge in [0.05, 0.1) is 16.7 Å². The van der Waals surface area contributed by atoms with E-state index < -0.39 is 24.3 Å². The zero-order valence-corrected chi connectivity index (χ0v) is 17.6. The van der Waals surface area contributed by atoms with Gasteiger partial charge in [-0.1, -0.05) is 24.3 Å². The third-order valence-corrected chi connectivity index (χ3v) is 6.44. The number of hydrogen-bond donors (Lipinski definition) is 1. The fourth-order valence-corrected chi connectivity index (χ4v) is 4.19. The van der Waals surface area contributed by atoms with Gasteiger partial charge in [-0.15, -0.1) is 0 Å².